The van der Waals surface area contributed by atoms with E-state index in [4.69, 9.17) is 0 Å². The number of carbonyl (C=O) groups is 2. The van der Waals surface area contributed by atoms with Gasteiger partial charge in [-0.15, -0.1) is 0 Å². The van der Waals surface area contributed by atoms with Gasteiger partial charge in [-0.2, -0.15) is 0 Å². The highest BCUT2D eigenvalue weighted by molar-refractivity contribution is 6.16. The summed E-state index contributed by atoms with van der Waals surface area (Å²) in [6.45, 7) is 3.64. The Morgan fingerprint density at radius 2 is 2.14 bits per heavy atom. The highest BCUT2D eigenvalue weighted by Crippen LogP contribution is 2.23. The summed E-state index contributed by atoms with van der Waals surface area (Å²) in [5, 5.41) is 12.0. The number of amides is 2. The molecule has 1 aliphatic rings. The normalized spacial score (nSPS) is 20.4. The third kappa shape index (κ3) is 2.67. The Morgan fingerprint density at radius 1 is 1.50 bits per heavy atom. The quantitative estimate of drug-likeness (QED) is 0.645. The SMILES string of the molecule is CCCC(C)(O)CC1=CC(=O)NC1=O. The average molecular weight is 197 g/mol. The summed E-state index contributed by atoms with van der Waals surface area (Å²) in [7, 11) is 0. The standard InChI is InChI=1S/C10H15NO3/c1-3-4-10(2,14)6-7-5-8(12)11-9(7)13/h5,14H,3-4,6H2,1-2H3,(H,11,12,13). The van der Waals surface area contributed by atoms with Crippen molar-refractivity contribution in [3.8, 4) is 0 Å². The van der Waals surface area contributed by atoms with Crippen molar-refractivity contribution < 1.29 is 14.7 Å². The second-order valence-electron chi connectivity index (χ2n) is 3.91. The highest BCUT2D eigenvalue weighted by Gasteiger charge is 2.28. The third-order valence-electron chi connectivity index (χ3n) is 2.19. The van der Waals surface area contributed by atoms with Crippen molar-refractivity contribution in [3.05, 3.63) is 11.6 Å². The molecule has 1 aliphatic heterocycles. The van der Waals surface area contributed by atoms with Crippen molar-refractivity contribution in [3.63, 3.8) is 0 Å². The molecule has 4 heteroatoms. The molecule has 1 rings (SSSR count). The van der Waals surface area contributed by atoms with Crippen molar-refractivity contribution in [2.24, 2.45) is 0 Å². The molecular weight excluding hydrogens is 182 g/mol. The molecule has 0 aromatic heterocycles. The van der Waals surface area contributed by atoms with Crippen LogP contribution in [-0.2, 0) is 9.59 Å². The molecule has 0 aromatic rings. The lowest BCUT2D eigenvalue weighted by atomic mass is 9.92. The molecule has 1 atom stereocenters. The van der Waals surface area contributed by atoms with E-state index < -0.39 is 11.5 Å². The van der Waals surface area contributed by atoms with Gasteiger partial charge < -0.3 is 5.11 Å². The van der Waals surface area contributed by atoms with E-state index in [1.54, 1.807) is 6.92 Å². The summed E-state index contributed by atoms with van der Waals surface area (Å²) in [5.74, 6) is -0.774. The first-order chi connectivity index (χ1) is 6.44. The van der Waals surface area contributed by atoms with E-state index >= 15 is 0 Å². The maximum Gasteiger partial charge on any atom is 0.254 e. The van der Waals surface area contributed by atoms with E-state index in [-0.39, 0.29) is 12.3 Å². The van der Waals surface area contributed by atoms with Gasteiger partial charge in [0.1, 0.15) is 0 Å². The summed E-state index contributed by atoms with van der Waals surface area (Å²) < 4.78 is 0. The van der Waals surface area contributed by atoms with Crippen molar-refractivity contribution in [2.45, 2.75) is 38.7 Å². The Morgan fingerprint density at radius 3 is 2.57 bits per heavy atom. The Bertz CT molecular complexity index is 292. The van der Waals surface area contributed by atoms with Gasteiger partial charge in [-0.1, -0.05) is 13.3 Å². The molecule has 78 valence electrons. The lowest BCUT2D eigenvalue weighted by molar-refractivity contribution is -0.124. The second kappa shape index (κ2) is 3.92. The molecule has 0 saturated heterocycles. The van der Waals surface area contributed by atoms with Crippen LogP contribution in [0.3, 0.4) is 0 Å². The molecule has 0 aliphatic carbocycles. The maximum atomic E-state index is 11.2. The number of nitrogens with one attached hydrogen (secondary N) is 1. The predicted molar refractivity (Wildman–Crippen MR) is 51.4 cm³/mol. The third-order valence-corrected chi connectivity index (χ3v) is 2.19. The molecule has 0 spiro atoms. The number of imide groups is 1. The van der Waals surface area contributed by atoms with E-state index in [0.29, 0.717) is 12.0 Å². The van der Waals surface area contributed by atoms with Gasteiger partial charge in [-0.25, -0.2) is 0 Å². The van der Waals surface area contributed by atoms with E-state index in [0.717, 1.165) is 6.42 Å². The number of hydrogen-bond acceptors (Lipinski definition) is 3. The highest BCUT2D eigenvalue weighted by atomic mass is 16.3. The van der Waals surface area contributed by atoms with Gasteiger partial charge in [0.15, 0.2) is 0 Å². The van der Waals surface area contributed by atoms with E-state index in [1.165, 1.54) is 6.08 Å². The monoisotopic (exact) mass is 197 g/mol. The van der Waals surface area contributed by atoms with Crippen LogP contribution in [0, 0.1) is 0 Å². The first kappa shape index (κ1) is 10.9. The minimum atomic E-state index is -0.900. The van der Waals surface area contributed by atoms with Gasteiger partial charge in [-0.3, -0.25) is 14.9 Å². The van der Waals surface area contributed by atoms with Gasteiger partial charge >= 0.3 is 0 Å². The number of carbonyl (C=O) groups excluding carboxylic acids is 2. The number of rotatable bonds is 4. The first-order valence-corrected chi connectivity index (χ1v) is 4.73. The fraction of sp³-hybridized carbons (Fsp3) is 0.600. The zero-order chi connectivity index (χ0) is 10.8. The second-order valence-corrected chi connectivity index (χ2v) is 3.91. The number of hydrogen-bond donors (Lipinski definition) is 2. The van der Waals surface area contributed by atoms with Crippen LogP contribution in [0.25, 0.3) is 0 Å². The lowest BCUT2D eigenvalue weighted by Crippen LogP contribution is -2.28. The van der Waals surface area contributed by atoms with Crippen LogP contribution >= 0.6 is 0 Å². The van der Waals surface area contributed by atoms with Crippen molar-refractivity contribution >= 4 is 11.8 Å². The minimum absolute atomic E-state index is 0.235. The number of aliphatic hydroxyl groups is 1. The summed E-state index contributed by atoms with van der Waals surface area (Å²) in [6, 6.07) is 0. The summed E-state index contributed by atoms with van der Waals surface area (Å²) in [5.41, 5.74) is -0.531. The van der Waals surface area contributed by atoms with Crippen LogP contribution in [0.5, 0.6) is 0 Å². The first-order valence-electron chi connectivity index (χ1n) is 4.73. The largest absolute Gasteiger partial charge is 0.390 e. The van der Waals surface area contributed by atoms with Crippen LogP contribution in [0.2, 0.25) is 0 Å². The molecule has 0 radical (unpaired) electrons. The van der Waals surface area contributed by atoms with Crippen LogP contribution in [0.15, 0.2) is 11.6 Å². The smallest absolute Gasteiger partial charge is 0.254 e. The molecule has 14 heavy (non-hydrogen) atoms. The van der Waals surface area contributed by atoms with Gasteiger partial charge in [0.2, 0.25) is 0 Å². The van der Waals surface area contributed by atoms with Gasteiger partial charge in [-0.05, 0) is 13.3 Å². The minimum Gasteiger partial charge on any atom is -0.390 e. The molecule has 0 bridgehead atoms. The Kier molecular flexibility index (Phi) is 3.06. The van der Waals surface area contributed by atoms with Gasteiger partial charge in [0, 0.05) is 18.1 Å². The van der Waals surface area contributed by atoms with Crippen LogP contribution < -0.4 is 5.32 Å². The Labute approximate surface area is 83.0 Å². The van der Waals surface area contributed by atoms with Gasteiger partial charge in [0.05, 0.1) is 5.60 Å². The van der Waals surface area contributed by atoms with Crippen LogP contribution in [-0.4, -0.2) is 22.5 Å². The average Bonchev–Trinajstić information content (AvgIpc) is 2.28. The Hall–Kier alpha value is -1.16. The molecule has 2 N–H and O–H groups in total. The summed E-state index contributed by atoms with van der Waals surface area (Å²) >= 11 is 0. The summed E-state index contributed by atoms with van der Waals surface area (Å²) in [6.07, 6.45) is 2.95. The molecule has 1 heterocycles. The van der Waals surface area contributed by atoms with Crippen molar-refractivity contribution in [1.82, 2.24) is 5.32 Å². The molecule has 2 amide bonds. The maximum absolute atomic E-state index is 11.2. The molecule has 1 unspecified atom stereocenters. The molecule has 0 saturated carbocycles. The van der Waals surface area contributed by atoms with E-state index in [9.17, 15) is 14.7 Å². The Balaban J connectivity index is 2.64. The molecule has 4 nitrogen and oxygen atoms in total. The van der Waals surface area contributed by atoms with Crippen LogP contribution in [0.4, 0.5) is 0 Å². The molecular formula is C10H15NO3. The summed E-state index contributed by atoms with van der Waals surface area (Å²) in [4.78, 5) is 22.0. The zero-order valence-corrected chi connectivity index (χ0v) is 8.46. The van der Waals surface area contributed by atoms with Crippen LogP contribution in [0.1, 0.15) is 33.1 Å². The predicted octanol–water partition coefficient (Wildman–Crippen LogP) is 0.510. The fourth-order valence-corrected chi connectivity index (χ4v) is 1.62. The van der Waals surface area contributed by atoms with Crippen molar-refractivity contribution in [1.29, 1.82) is 0 Å². The van der Waals surface area contributed by atoms with E-state index in [2.05, 4.69) is 5.32 Å². The van der Waals surface area contributed by atoms with Gasteiger partial charge in [0.25, 0.3) is 11.8 Å². The zero-order valence-electron chi connectivity index (χ0n) is 8.46. The lowest BCUT2D eigenvalue weighted by Gasteiger charge is -2.22. The van der Waals surface area contributed by atoms with Crippen molar-refractivity contribution in [2.75, 3.05) is 0 Å². The topological polar surface area (TPSA) is 66.4 Å². The van der Waals surface area contributed by atoms with E-state index in [1.807, 2.05) is 6.92 Å². The molecule has 0 aromatic carbocycles. The fourth-order valence-electron chi connectivity index (χ4n) is 1.62. The molecule has 0 fully saturated rings.